The van der Waals surface area contributed by atoms with Gasteiger partial charge in [0.15, 0.2) is 0 Å². The first kappa shape index (κ1) is 26.8. The van der Waals surface area contributed by atoms with Crippen molar-refractivity contribution >= 4 is 33.3 Å². The Morgan fingerprint density at radius 3 is 2.38 bits per heavy atom. The van der Waals surface area contributed by atoms with Crippen LogP contribution in [-0.4, -0.2) is 63.8 Å². The van der Waals surface area contributed by atoms with E-state index in [2.05, 4.69) is 20.3 Å². The van der Waals surface area contributed by atoms with Gasteiger partial charge in [-0.25, -0.2) is 18.4 Å². The molecule has 0 spiro atoms. The lowest BCUT2D eigenvalue weighted by Crippen LogP contribution is -2.60. The highest BCUT2D eigenvalue weighted by molar-refractivity contribution is 7.89. The topological polar surface area (TPSA) is 113 Å². The van der Waals surface area contributed by atoms with Crippen LogP contribution in [0.15, 0.2) is 78.2 Å². The molecule has 2 aromatic carbocycles. The minimum Gasteiger partial charge on any atom is -0.353 e. The molecule has 1 amide bonds. The number of aryl methyl sites for hydroxylation is 2. The second-order valence-corrected chi connectivity index (χ2v) is 11.7. The molecular formula is C27H28ClN7O3S. The summed E-state index contributed by atoms with van der Waals surface area (Å²) in [5.74, 6) is 0.415. The molecule has 5 rings (SSSR count). The average molecular weight is 566 g/mol. The predicted molar refractivity (Wildman–Crippen MR) is 148 cm³/mol. The van der Waals surface area contributed by atoms with Gasteiger partial charge in [-0.05, 0) is 31.5 Å². The van der Waals surface area contributed by atoms with Crippen LogP contribution in [0.3, 0.4) is 0 Å². The Labute approximate surface area is 232 Å². The SMILES string of the molecule is Cc1ccc(CNC(=O)C2CN(c3cc(Cl)nc(-n4ccnc4)n3)CCN2S(=O)(=O)c2ccc(C)cc2)cc1. The largest absolute Gasteiger partial charge is 0.353 e. The van der Waals surface area contributed by atoms with E-state index in [-0.39, 0.29) is 29.7 Å². The van der Waals surface area contributed by atoms with Crippen LogP contribution in [0.4, 0.5) is 5.82 Å². The number of hydrogen-bond acceptors (Lipinski definition) is 7. The van der Waals surface area contributed by atoms with Gasteiger partial charge in [0, 0.05) is 44.6 Å². The molecule has 202 valence electrons. The Kier molecular flexibility index (Phi) is 7.65. The van der Waals surface area contributed by atoms with Gasteiger partial charge in [-0.2, -0.15) is 9.29 Å². The van der Waals surface area contributed by atoms with Gasteiger partial charge in [0.25, 0.3) is 0 Å². The third-order valence-electron chi connectivity index (χ3n) is 6.58. The average Bonchev–Trinajstić information content (AvgIpc) is 3.47. The molecule has 0 bridgehead atoms. The number of piperazine rings is 1. The van der Waals surface area contributed by atoms with Gasteiger partial charge in [-0.15, -0.1) is 0 Å². The Morgan fingerprint density at radius 1 is 1.03 bits per heavy atom. The van der Waals surface area contributed by atoms with Crippen molar-refractivity contribution in [2.75, 3.05) is 24.5 Å². The number of nitrogens with one attached hydrogen (secondary N) is 1. The zero-order chi connectivity index (χ0) is 27.6. The molecule has 39 heavy (non-hydrogen) atoms. The molecule has 4 aromatic rings. The number of sulfonamides is 1. The molecule has 1 fully saturated rings. The van der Waals surface area contributed by atoms with Crippen molar-refractivity contribution in [1.29, 1.82) is 0 Å². The zero-order valence-corrected chi connectivity index (χ0v) is 23.1. The van der Waals surface area contributed by atoms with Crippen LogP contribution in [0, 0.1) is 13.8 Å². The van der Waals surface area contributed by atoms with Gasteiger partial charge in [0.2, 0.25) is 21.9 Å². The van der Waals surface area contributed by atoms with E-state index in [1.807, 2.05) is 43.0 Å². The fourth-order valence-electron chi connectivity index (χ4n) is 4.38. The summed E-state index contributed by atoms with van der Waals surface area (Å²) in [4.78, 5) is 28.5. The number of hydrogen-bond donors (Lipinski definition) is 1. The van der Waals surface area contributed by atoms with Crippen molar-refractivity contribution in [3.05, 3.63) is 95.2 Å². The molecule has 1 N–H and O–H groups in total. The number of rotatable bonds is 7. The number of halogens is 1. The van der Waals surface area contributed by atoms with Crippen molar-refractivity contribution in [3.63, 3.8) is 0 Å². The third kappa shape index (κ3) is 5.95. The number of imidazole rings is 1. The fraction of sp³-hybridized carbons (Fsp3) is 0.259. The Balaban J connectivity index is 1.44. The highest BCUT2D eigenvalue weighted by Gasteiger charge is 2.40. The van der Waals surface area contributed by atoms with Gasteiger partial charge >= 0.3 is 0 Å². The first-order chi connectivity index (χ1) is 18.7. The first-order valence-electron chi connectivity index (χ1n) is 12.4. The molecule has 1 aliphatic rings. The predicted octanol–water partition coefficient (Wildman–Crippen LogP) is 3.13. The quantitative estimate of drug-likeness (QED) is 0.342. The van der Waals surface area contributed by atoms with Gasteiger partial charge in [0.1, 0.15) is 23.3 Å². The van der Waals surface area contributed by atoms with Crippen LogP contribution < -0.4 is 10.2 Å². The molecule has 10 nitrogen and oxygen atoms in total. The summed E-state index contributed by atoms with van der Waals surface area (Å²) in [6.45, 7) is 4.63. The lowest BCUT2D eigenvalue weighted by atomic mass is 10.1. The molecule has 3 heterocycles. The summed E-state index contributed by atoms with van der Waals surface area (Å²) >= 11 is 6.31. The van der Waals surface area contributed by atoms with E-state index >= 15 is 0 Å². The Morgan fingerprint density at radius 2 is 1.72 bits per heavy atom. The molecule has 1 saturated heterocycles. The lowest BCUT2D eigenvalue weighted by Gasteiger charge is -2.40. The summed E-state index contributed by atoms with van der Waals surface area (Å²) in [5, 5.41) is 3.15. The fourth-order valence-corrected chi connectivity index (χ4v) is 6.13. The number of amides is 1. The number of carbonyl (C=O) groups excluding carboxylic acids is 1. The van der Waals surface area contributed by atoms with Crippen LogP contribution in [0.1, 0.15) is 16.7 Å². The molecule has 0 saturated carbocycles. The van der Waals surface area contributed by atoms with Gasteiger partial charge < -0.3 is 10.2 Å². The third-order valence-corrected chi connectivity index (χ3v) is 8.69. The molecule has 0 radical (unpaired) electrons. The second kappa shape index (κ2) is 11.1. The normalized spacial score (nSPS) is 16.3. The summed E-state index contributed by atoms with van der Waals surface area (Å²) in [7, 11) is -3.94. The van der Waals surface area contributed by atoms with Crippen LogP contribution >= 0.6 is 11.6 Å². The highest BCUT2D eigenvalue weighted by atomic mass is 35.5. The lowest BCUT2D eigenvalue weighted by molar-refractivity contribution is -0.125. The number of nitrogens with zero attached hydrogens (tertiary/aromatic N) is 6. The van der Waals surface area contributed by atoms with Crippen LogP contribution in [0.2, 0.25) is 5.15 Å². The van der Waals surface area contributed by atoms with Crippen LogP contribution in [0.5, 0.6) is 0 Å². The number of anilines is 1. The van der Waals surface area contributed by atoms with Crippen molar-refractivity contribution in [3.8, 4) is 5.95 Å². The van der Waals surface area contributed by atoms with E-state index in [0.29, 0.717) is 18.3 Å². The molecule has 0 aliphatic carbocycles. The van der Waals surface area contributed by atoms with Gasteiger partial charge in [0.05, 0.1) is 4.90 Å². The number of carbonyl (C=O) groups is 1. The Hall–Kier alpha value is -3.80. The minimum absolute atomic E-state index is 0.0842. The van der Waals surface area contributed by atoms with E-state index in [4.69, 9.17) is 11.6 Å². The monoisotopic (exact) mass is 565 g/mol. The van der Waals surface area contributed by atoms with E-state index in [0.717, 1.165) is 16.7 Å². The number of aromatic nitrogens is 4. The Bertz CT molecular complexity index is 1560. The van der Waals surface area contributed by atoms with Crippen LogP contribution in [-0.2, 0) is 21.4 Å². The van der Waals surface area contributed by atoms with Crippen LogP contribution in [0.25, 0.3) is 5.95 Å². The summed E-state index contributed by atoms with van der Waals surface area (Å²) in [5.41, 5.74) is 2.98. The highest BCUT2D eigenvalue weighted by Crippen LogP contribution is 2.26. The maximum Gasteiger partial charge on any atom is 0.243 e. The first-order valence-corrected chi connectivity index (χ1v) is 14.2. The maximum absolute atomic E-state index is 13.7. The summed E-state index contributed by atoms with van der Waals surface area (Å²) in [6, 6.07) is 15.0. The van der Waals surface area contributed by atoms with Crippen molar-refractivity contribution < 1.29 is 13.2 Å². The van der Waals surface area contributed by atoms with E-state index in [9.17, 15) is 13.2 Å². The van der Waals surface area contributed by atoms with E-state index in [1.165, 1.54) is 4.31 Å². The van der Waals surface area contributed by atoms with E-state index < -0.39 is 22.0 Å². The smallest absolute Gasteiger partial charge is 0.243 e. The zero-order valence-electron chi connectivity index (χ0n) is 21.5. The number of benzene rings is 2. The van der Waals surface area contributed by atoms with Gasteiger partial charge in [-0.1, -0.05) is 59.1 Å². The molecular weight excluding hydrogens is 538 g/mol. The second-order valence-electron chi connectivity index (χ2n) is 9.41. The van der Waals surface area contributed by atoms with E-state index in [1.54, 1.807) is 53.6 Å². The minimum atomic E-state index is -3.94. The summed E-state index contributed by atoms with van der Waals surface area (Å²) in [6.07, 6.45) is 4.86. The summed E-state index contributed by atoms with van der Waals surface area (Å²) < 4.78 is 30.3. The molecule has 2 aromatic heterocycles. The molecule has 12 heteroatoms. The van der Waals surface area contributed by atoms with Crippen molar-refractivity contribution in [1.82, 2.24) is 29.1 Å². The molecule has 1 unspecified atom stereocenters. The maximum atomic E-state index is 13.7. The molecule has 1 atom stereocenters. The standard InChI is InChI=1S/C27H28ClN7O3S/c1-19-3-7-21(8-4-19)16-30-26(36)23-17-33(25-15-24(28)31-27(32-25)34-12-11-29-18-34)13-14-35(23)39(37,38)22-9-5-20(2)6-10-22/h3-12,15,18,23H,13-14,16-17H2,1-2H3,(H,30,36). The van der Waals surface area contributed by atoms with Crippen molar-refractivity contribution in [2.45, 2.75) is 31.3 Å². The van der Waals surface area contributed by atoms with Crippen molar-refractivity contribution in [2.24, 2.45) is 0 Å². The molecule has 1 aliphatic heterocycles. The van der Waals surface area contributed by atoms with Gasteiger partial charge in [-0.3, -0.25) is 9.36 Å².